The maximum absolute atomic E-state index is 15.6. The van der Waals surface area contributed by atoms with E-state index in [4.69, 9.17) is 16.6 Å². The number of carbonyl (C=O) groups excluding carboxylic acids is 1. The molecular weight excluding hydrogens is 902 g/mol. The van der Waals surface area contributed by atoms with Gasteiger partial charge in [-0.3, -0.25) is 28.2 Å². The first-order chi connectivity index (χ1) is 30.5. The van der Waals surface area contributed by atoms with Gasteiger partial charge in [0, 0.05) is 31.0 Å². The van der Waals surface area contributed by atoms with Crippen LogP contribution >= 0.6 is 11.6 Å². The van der Waals surface area contributed by atoms with Crippen LogP contribution in [0.5, 0.6) is 0 Å². The molecule has 1 amide bonds. The number of amides is 1. The van der Waals surface area contributed by atoms with Gasteiger partial charge in [-0.05, 0) is 84.8 Å². The average molecular weight is 939 g/mol. The monoisotopic (exact) mass is 938 g/mol. The Balaban J connectivity index is 1.27. The van der Waals surface area contributed by atoms with Gasteiger partial charge < -0.3 is 10.4 Å². The minimum Gasteiger partial charge on any atom is -0.386 e. The van der Waals surface area contributed by atoms with Crippen LogP contribution in [0.3, 0.4) is 0 Å². The maximum atomic E-state index is 15.6. The van der Waals surface area contributed by atoms with E-state index in [1.165, 1.54) is 29.9 Å². The van der Waals surface area contributed by atoms with Crippen molar-refractivity contribution in [3.05, 3.63) is 134 Å². The van der Waals surface area contributed by atoms with Crippen LogP contribution < -0.4 is 15.6 Å². The Morgan fingerprint density at radius 3 is 2.42 bits per heavy atom. The van der Waals surface area contributed by atoms with Crippen molar-refractivity contribution in [2.24, 2.45) is 13.0 Å². The average Bonchev–Trinajstić information content (AvgIpc) is 3.75. The smallest absolute Gasteiger partial charge is 0.293 e. The number of aromatic nitrogens is 6. The van der Waals surface area contributed by atoms with Crippen LogP contribution in [-0.2, 0) is 46.4 Å². The van der Waals surface area contributed by atoms with Crippen molar-refractivity contribution >= 4 is 55.2 Å². The zero-order chi connectivity index (χ0) is 46.7. The van der Waals surface area contributed by atoms with Crippen LogP contribution in [0.1, 0.15) is 72.6 Å². The first-order valence-corrected chi connectivity index (χ1v) is 22.3. The molecule has 338 valence electrons. The van der Waals surface area contributed by atoms with Crippen LogP contribution in [0.4, 0.5) is 32.2 Å². The van der Waals surface area contributed by atoms with Crippen molar-refractivity contribution in [3.63, 3.8) is 0 Å². The molecule has 0 aliphatic heterocycles. The molecule has 21 heteroatoms. The third-order valence-electron chi connectivity index (χ3n) is 11.7. The number of aryl methyl sites for hydroxylation is 1. The molecule has 3 heterocycles. The lowest BCUT2D eigenvalue weighted by Gasteiger charge is -2.24. The predicted molar refractivity (Wildman–Crippen MR) is 229 cm³/mol. The van der Waals surface area contributed by atoms with Crippen LogP contribution in [0, 0.1) is 17.6 Å². The molecule has 0 bridgehead atoms. The molecule has 1 fully saturated rings. The summed E-state index contributed by atoms with van der Waals surface area (Å²) < 4.78 is 119. The second-order valence-electron chi connectivity index (χ2n) is 16.9. The van der Waals surface area contributed by atoms with E-state index in [2.05, 4.69) is 20.2 Å². The van der Waals surface area contributed by atoms with Crippen molar-refractivity contribution in [2.45, 2.75) is 63.1 Å². The quantitative estimate of drug-likeness (QED) is 0.104. The molecule has 3 atom stereocenters. The Morgan fingerprint density at radius 1 is 1.03 bits per heavy atom. The summed E-state index contributed by atoms with van der Waals surface area (Å²) in [6.07, 6.45) is -2.82. The van der Waals surface area contributed by atoms with E-state index in [0.717, 1.165) is 23.0 Å². The van der Waals surface area contributed by atoms with Gasteiger partial charge in [-0.25, -0.2) is 31.0 Å². The molecule has 3 N–H and O–H groups in total. The van der Waals surface area contributed by atoms with Crippen molar-refractivity contribution < 1.29 is 44.7 Å². The molecule has 0 radical (unpaired) electrons. The van der Waals surface area contributed by atoms with Crippen LogP contribution in [0.2, 0.25) is 5.02 Å². The Morgan fingerprint density at radius 2 is 1.74 bits per heavy atom. The van der Waals surface area contributed by atoms with Crippen molar-refractivity contribution in [1.82, 2.24) is 34.4 Å². The fourth-order valence-corrected chi connectivity index (χ4v) is 9.75. The van der Waals surface area contributed by atoms with Gasteiger partial charge in [-0.1, -0.05) is 41.9 Å². The minimum atomic E-state index is -3.93. The number of alkyl halides is 4. The summed E-state index contributed by atoms with van der Waals surface area (Å²) in [5.41, 5.74) is -2.30. The zero-order valence-corrected chi connectivity index (χ0v) is 36.2. The second-order valence-corrected chi connectivity index (χ2v) is 19.0. The third-order valence-corrected chi connectivity index (χ3v) is 12.6. The highest BCUT2D eigenvalue weighted by molar-refractivity contribution is 7.92. The summed E-state index contributed by atoms with van der Waals surface area (Å²) in [6.45, 7) is 2.20. The lowest BCUT2D eigenvalue weighted by molar-refractivity contribution is -0.123. The molecule has 0 saturated heterocycles. The number of benzene rings is 4. The molecule has 7 aromatic rings. The minimum absolute atomic E-state index is 0.00168. The summed E-state index contributed by atoms with van der Waals surface area (Å²) in [5, 5.41) is 21.9. The highest BCUT2D eigenvalue weighted by atomic mass is 35.5. The number of aliphatic hydroxyl groups is 1. The summed E-state index contributed by atoms with van der Waals surface area (Å²) in [5.74, 6) is -9.14. The number of halogens is 7. The number of hydrogen-bond acceptors (Lipinski definition) is 8. The van der Waals surface area contributed by atoms with E-state index in [1.54, 1.807) is 50.2 Å². The van der Waals surface area contributed by atoms with Crippen LogP contribution in [0.15, 0.2) is 77.6 Å². The third kappa shape index (κ3) is 7.79. The molecule has 13 nitrogen and oxygen atoms in total. The topological polar surface area (TPSA) is 166 Å². The fraction of sp³-hybridized carbons (Fsp3) is 0.295. The van der Waals surface area contributed by atoms with Gasteiger partial charge >= 0.3 is 0 Å². The molecule has 3 aromatic heterocycles. The van der Waals surface area contributed by atoms with Crippen molar-refractivity contribution in [2.75, 3.05) is 11.0 Å². The SMILES string of the molecule is Cn1nc(NS(C)(=O)=O)c2c(Cl)ccc(-n3c([C@H](Cc4cc(F)cc(F)c4)NC(=O)Cn4nc(C(F)F)c5c4C(F)(F)[C@@H]4C[C@H]54)nc4cc(-c5ccccc5C(C)(C)O)ccc4c3=O)c21. The van der Waals surface area contributed by atoms with Crippen molar-refractivity contribution in [3.8, 4) is 16.8 Å². The van der Waals surface area contributed by atoms with E-state index in [9.17, 15) is 35.9 Å². The number of hydrogen-bond donors (Lipinski definition) is 3. The Bertz CT molecular complexity index is 3290. The Labute approximate surface area is 370 Å². The van der Waals surface area contributed by atoms with Gasteiger partial charge in [0.05, 0.1) is 50.4 Å². The molecular formula is C44H37ClF6N8O5S. The molecule has 0 spiro atoms. The number of rotatable bonds is 12. The molecule has 0 unspecified atom stereocenters. The van der Waals surface area contributed by atoms with Crippen LogP contribution in [-0.4, -0.2) is 54.8 Å². The number of sulfonamides is 1. The van der Waals surface area contributed by atoms with Gasteiger partial charge in [-0.2, -0.15) is 19.0 Å². The van der Waals surface area contributed by atoms with E-state index >= 15 is 13.6 Å². The van der Waals surface area contributed by atoms with E-state index in [1.807, 2.05) is 0 Å². The largest absolute Gasteiger partial charge is 0.386 e. The standard InChI is InChI=1S/C44H37ClF6N8O5S/c1-43(2,62)27-8-6-5-7-24(27)21-9-10-25-30(16-21)53-41(59(42(25)61)32-12-11-29(45)35-37(32)57(3)55-40(35)56-65(4,63)64)31(15-20-13-22(46)17-23(47)14-20)52-33(60)19-58-38-34(36(54-58)39(48)49)26-18-28(26)44(38,50)51/h5-14,16-17,26,28,31,39,62H,15,18-19H2,1-4H3,(H,52,60)(H,55,56)/t26-,28+,31-/m0/s1. The van der Waals surface area contributed by atoms with Gasteiger partial charge in [0.25, 0.3) is 17.9 Å². The number of carbonyl (C=O) groups is 1. The maximum Gasteiger partial charge on any atom is 0.293 e. The summed E-state index contributed by atoms with van der Waals surface area (Å²) in [4.78, 5) is 34.3. The molecule has 65 heavy (non-hydrogen) atoms. The number of nitrogens with zero attached hydrogens (tertiary/aromatic N) is 6. The van der Waals surface area contributed by atoms with E-state index < -0.39 is 93.3 Å². The number of fused-ring (bicyclic) bond motifs is 5. The predicted octanol–water partition coefficient (Wildman–Crippen LogP) is 7.91. The Hall–Kier alpha value is -6.25. The van der Waals surface area contributed by atoms with Gasteiger partial charge in [0.1, 0.15) is 35.4 Å². The number of nitrogens with one attached hydrogen (secondary N) is 2. The summed E-state index contributed by atoms with van der Waals surface area (Å²) >= 11 is 6.65. The van der Waals surface area contributed by atoms with Crippen LogP contribution in [0.25, 0.3) is 38.6 Å². The molecule has 9 rings (SSSR count). The first kappa shape index (κ1) is 44.0. The second kappa shape index (κ2) is 15.4. The van der Waals surface area contributed by atoms with E-state index in [-0.39, 0.29) is 61.7 Å². The van der Waals surface area contributed by atoms with E-state index in [0.29, 0.717) is 27.4 Å². The first-order valence-electron chi connectivity index (χ1n) is 20.1. The molecule has 2 aliphatic carbocycles. The zero-order valence-electron chi connectivity index (χ0n) is 34.7. The van der Waals surface area contributed by atoms with Crippen molar-refractivity contribution in [1.29, 1.82) is 0 Å². The normalized spacial score (nSPS) is 17.1. The molecule has 2 aliphatic rings. The van der Waals surface area contributed by atoms with Gasteiger partial charge in [0.15, 0.2) is 5.82 Å². The highest BCUT2D eigenvalue weighted by Gasteiger charge is 2.67. The fourth-order valence-electron chi connectivity index (χ4n) is 9.02. The Kier molecular flexibility index (Phi) is 10.4. The highest BCUT2D eigenvalue weighted by Crippen LogP contribution is 2.68. The summed E-state index contributed by atoms with van der Waals surface area (Å²) in [6, 6.07) is 15.5. The van der Waals surface area contributed by atoms with Gasteiger partial charge in [0.2, 0.25) is 15.9 Å². The lowest BCUT2D eigenvalue weighted by Crippen LogP contribution is -2.38. The molecule has 4 aromatic carbocycles. The van der Waals surface area contributed by atoms with Gasteiger partial charge in [-0.15, -0.1) is 0 Å². The lowest BCUT2D eigenvalue weighted by atomic mass is 9.89. The molecule has 1 saturated carbocycles. The number of anilines is 1. The summed E-state index contributed by atoms with van der Waals surface area (Å²) in [7, 11) is -2.48.